The van der Waals surface area contributed by atoms with Crippen LogP contribution < -0.4 is 9.50 Å². The predicted molar refractivity (Wildman–Crippen MR) is 143 cm³/mol. The number of carbonyl (C=O) groups is 2. The molecule has 3 aromatic carbocycles. The van der Waals surface area contributed by atoms with Gasteiger partial charge >= 0.3 is 22.2 Å². The van der Waals surface area contributed by atoms with Crippen molar-refractivity contribution in [2.24, 2.45) is 0 Å². The van der Waals surface area contributed by atoms with Gasteiger partial charge in [0.15, 0.2) is 0 Å². The van der Waals surface area contributed by atoms with Crippen LogP contribution in [0.3, 0.4) is 0 Å². The summed E-state index contributed by atoms with van der Waals surface area (Å²) in [7, 11) is -3.66. The van der Waals surface area contributed by atoms with Crippen molar-refractivity contribution in [3.63, 3.8) is 0 Å². The molecule has 0 bridgehead atoms. The molecule has 1 N–H and O–H groups in total. The Hall–Kier alpha value is -3.85. The van der Waals surface area contributed by atoms with E-state index in [2.05, 4.69) is 17.4 Å². The normalized spacial score (nSPS) is 13.7. The van der Waals surface area contributed by atoms with E-state index in [0.717, 1.165) is 28.5 Å². The minimum atomic E-state index is -3.66. The summed E-state index contributed by atoms with van der Waals surface area (Å²) in [6.07, 6.45) is 0.329. The Morgan fingerprint density at radius 3 is 1.97 bits per heavy atom. The SMILES string of the molecule is CC(C)(C)OC(=O)C(Cc1ccc(OS(C)(=O)=O)cc1)NC(=O)OCC1c2ccccc2-c2ccccc21. The van der Waals surface area contributed by atoms with Crippen LogP contribution in [0.4, 0.5) is 4.79 Å². The molecule has 4 rings (SSSR count). The number of hydrogen-bond donors (Lipinski definition) is 1. The van der Waals surface area contributed by atoms with Crippen molar-refractivity contribution in [1.29, 1.82) is 0 Å². The van der Waals surface area contributed by atoms with Gasteiger partial charge in [-0.05, 0) is 60.7 Å². The van der Waals surface area contributed by atoms with Crippen LogP contribution in [0.5, 0.6) is 5.75 Å². The number of rotatable bonds is 8. The molecule has 200 valence electrons. The van der Waals surface area contributed by atoms with Gasteiger partial charge in [0, 0.05) is 12.3 Å². The molecule has 38 heavy (non-hydrogen) atoms. The van der Waals surface area contributed by atoms with Gasteiger partial charge in [-0.3, -0.25) is 0 Å². The average molecular weight is 538 g/mol. The fraction of sp³-hybridized carbons (Fsp3) is 0.310. The van der Waals surface area contributed by atoms with Crippen LogP contribution in [0.25, 0.3) is 11.1 Å². The van der Waals surface area contributed by atoms with Gasteiger partial charge in [0.25, 0.3) is 0 Å². The quantitative estimate of drug-likeness (QED) is 0.324. The van der Waals surface area contributed by atoms with Gasteiger partial charge in [0.2, 0.25) is 0 Å². The first-order chi connectivity index (χ1) is 17.9. The number of carbonyl (C=O) groups excluding carboxylic acids is 2. The Bertz CT molecular complexity index is 1380. The van der Waals surface area contributed by atoms with E-state index < -0.39 is 33.8 Å². The Balaban J connectivity index is 1.46. The molecule has 0 saturated carbocycles. The second-order valence-corrected chi connectivity index (χ2v) is 11.8. The molecular formula is C29H31NO7S. The zero-order chi connectivity index (χ0) is 27.5. The van der Waals surface area contributed by atoms with E-state index >= 15 is 0 Å². The van der Waals surface area contributed by atoms with Crippen molar-refractivity contribution in [3.05, 3.63) is 89.5 Å². The number of ether oxygens (including phenoxy) is 2. The number of benzene rings is 3. The van der Waals surface area contributed by atoms with Gasteiger partial charge in [0.1, 0.15) is 24.0 Å². The lowest BCUT2D eigenvalue weighted by molar-refractivity contribution is -0.157. The first-order valence-corrected chi connectivity index (χ1v) is 14.0. The van der Waals surface area contributed by atoms with Crippen LogP contribution in [0, 0.1) is 0 Å². The molecule has 1 atom stereocenters. The number of alkyl carbamates (subject to hydrolysis) is 1. The third-order valence-electron chi connectivity index (χ3n) is 5.94. The highest BCUT2D eigenvalue weighted by molar-refractivity contribution is 7.86. The first kappa shape index (κ1) is 27.2. The zero-order valence-electron chi connectivity index (χ0n) is 21.8. The van der Waals surface area contributed by atoms with Gasteiger partial charge < -0.3 is 19.0 Å². The molecule has 1 amide bonds. The number of fused-ring (bicyclic) bond motifs is 3. The summed E-state index contributed by atoms with van der Waals surface area (Å²) in [5.41, 5.74) is 4.31. The zero-order valence-corrected chi connectivity index (χ0v) is 22.6. The van der Waals surface area contributed by atoms with Crippen LogP contribution in [0.2, 0.25) is 0 Å². The minimum Gasteiger partial charge on any atom is -0.458 e. The van der Waals surface area contributed by atoms with Gasteiger partial charge in [0.05, 0.1) is 6.26 Å². The molecule has 0 spiro atoms. The molecule has 3 aromatic rings. The molecule has 0 heterocycles. The fourth-order valence-electron chi connectivity index (χ4n) is 4.44. The monoisotopic (exact) mass is 537 g/mol. The molecule has 1 aliphatic carbocycles. The molecule has 0 fully saturated rings. The van der Waals surface area contributed by atoms with Crippen molar-refractivity contribution in [3.8, 4) is 16.9 Å². The third-order valence-corrected chi connectivity index (χ3v) is 6.43. The first-order valence-electron chi connectivity index (χ1n) is 12.2. The minimum absolute atomic E-state index is 0.109. The van der Waals surface area contributed by atoms with E-state index in [1.807, 2.05) is 36.4 Å². The van der Waals surface area contributed by atoms with Crippen LogP contribution in [-0.4, -0.2) is 45.0 Å². The highest BCUT2D eigenvalue weighted by Gasteiger charge is 2.31. The van der Waals surface area contributed by atoms with Crippen molar-refractivity contribution in [2.75, 3.05) is 12.9 Å². The smallest absolute Gasteiger partial charge is 0.407 e. The van der Waals surface area contributed by atoms with E-state index in [1.54, 1.807) is 32.9 Å². The van der Waals surface area contributed by atoms with E-state index in [0.29, 0.717) is 5.56 Å². The predicted octanol–water partition coefficient (Wildman–Crippen LogP) is 4.82. The van der Waals surface area contributed by atoms with Crippen molar-refractivity contribution < 1.29 is 31.7 Å². The van der Waals surface area contributed by atoms with Gasteiger partial charge in [-0.25, -0.2) is 9.59 Å². The van der Waals surface area contributed by atoms with E-state index in [1.165, 1.54) is 12.1 Å². The number of nitrogens with one attached hydrogen (secondary N) is 1. The lowest BCUT2D eigenvalue weighted by Gasteiger charge is -2.25. The molecular weight excluding hydrogens is 506 g/mol. The van der Waals surface area contributed by atoms with E-state index in [9.17, 15) is 18.0 Å². The van der Waals surface area contributed by atoms with Gasteiger partial charge in [-0.15, -0.1) is 0 Å². The summed E-state index contributed by atoms with van der Waals surface area (Å²) >= 11 is 0. The highest BCUT2D eigenvalue weighted by atomic mass is 32.2. The van der Waals surface area contributed by atoms with Gasteiger partial charge in [-0.2, -0.15) is 8.42 Å². The standard InChI is InChI=1S/C29H31NO7S/c1-29(2,3)36-27(31)26(17-19-13-15-20(16-14-19)37-38(4,33)34)30-28(32)35-18-25-23-11-7-5-9-21(23)22-10-6-8-12-24(22)25/h5-16,25-26H,17-18H2,1-4H3,(H,30,32). The molecule has 1 unspecified atom stereocenters. The Morgan fingerprint density at radius 2 is 1.45 bits per heavy atom. The fourth-order valence-corrected chi connectivity index (χ4v) is 4.90. The maximum absolute atomic E-state index is 12.9. The highest BCUT2D eigenvalue weighted by Crippen LogP contribution is 2.44. The topological polar surface area (TPSA) is 108 Å². The summed E-state index contributed by atoms with van der Waals surface area (Å²) in [6.45, 7) is 5.34. The van der Waals surface area contributed by atoms with Crippen LogP contribution in [-0.2, 0) is 30.8 Å². The number of hydrogen-bond acceptors (Lipinski definition) is 7. The Labute approximate surface area is 223 Å². The second-order valence-electron chi connectivity index (χ2n) is 10.2. The maximum Gasteiger partial charge on any atom is 0.407 e. The Kier molecular flexibility index (Phi) is 7.78. The lowest BCUT2D eigenvalue weighted by atomic mass is 9.98. The molecule has 9 heteroatoms. The van der Waals surface area contributed by atoms with Crippen LogP contribution in [0.15, 0.2) is 72.8 Å². The number of amides is 1. The summed E-state index contributed by atoms with van der Waals surface area (Å²) < 4.78 is 38.7. The van der Waals surface area contributed by atoms with Crippen LogP contribution >= 0.6 is 0 Å². The Morgan fingerprint density at radius 1 is 0.895 bits per heavy atom. The van der Waals surface area contributed by atoms with Crippen molar-refractivity contribution in [1.82, 2.24) is 5.32 Å². The molecule has 0 aliphatic heterocycles. The molecule has 0 aromatic heterocycles. The summed E-state index contributed by atoms with van der Waals surface area (Å²) in [6, 6.07) is 21.2. The van der Waals surface area contributed by atoms with Crippen molar-refractivity contribution in [2.45, 2.75) is 44.8 Å². The summed E-state index contributed by atoms with van der Waals surface area (Å²) in [5.74, 6) is -0.576. The van der Waals surface area contributed by atoms with Crippen molar-refractivity contribution >= 4 is 22.2 Å². The summed E-state index contributed by atoms with van der Waals surface area (Å²) in [5, 5.41) is 2.65. The number of esters is 1. The van der Waals surface area contributed by atoms with Gasteiger partial charge in [-0.1, -0.05) is 60.7 Å². The lowest BCUT2D eigenvalue weighted by Crippen LogP contribution is -2.46. The van der Waals surface area contributed by atoms with E-state index in [-0.39, 0.29) is 24.7 Å². The third kappa shape index (κ3) is 6.92. The second kappa shape index (κ2) is 10.9. The average Bonchev–Trinajstić information content (AvgIpc) is 3.15. The molecule has 0 saturated heterocycles. The molecule has 0 radical (unpaired) electrons. The molecule has 8 nitrogen and oxygen atoms in total. The molecule has 1 aliphatic rings. The largest absolute Gasteiger partial charge is 0.458 e. The van der Waals surface area contributed by atoms with Crippen LogP contribution in [0.1, 0.15) is 43.4 Å². The summed E-state index contributed by atoms with van der Waals surface area (Å²) in [4.78, 5) is 25.8. The maximum atomic E-state index is 12.9. The van der Waals surface area contributed by atoms with E-state index in [4.69, 9.17) is 13.7 Å².